The Labute approximate surface area is 137 Å². The second kappa shape index (κ2) is 5.38. The normalized spacial score (nSPS) is 17.7. The summed E-state index contributed by atoms with van der Waals surface area (Å²) in [5.41, 5.74) is 3.01. The van der Waals surface area contributed by atoms with E-state index in [1.165, 1.54) is 13.4 Å². The molecule has 1 heterocycles. The predicted molar refractivity (Wildman–Crippen MR) is 86.8 cm³/mol. The molecule has 1 unspecified atom stereocenters. The summed E-state index contributed by atoms with van der Waals surface area (Å²) in [6, 6.07) is 3.32. The number of carbonyl (C=O) groups is 1. The van der Waals surface area contributed by atoms with Crippen molar-refractivity contribution in [2.24, 2.45) is 0 Å². The Balaban J connectivity index is 2.13. The lowest BCUT2D eigenvalue weighted by Gasteiger charge is -2.08. The van der Waals surface area contributed by atoms with E-state index in [4.69, 9.17) is 4.74 Å². The van der Waals surface area contributed by atoms with Gasteiger partial charge in [-0.05, 0) is 46.5 Å². The maximum absolute atomic E-state index is 11.8. The van der Waals surface area contributed by atoms with Gasteiger partial charge in [-0.25, -0.2) is 8.42 Å². The van der Waals surface area contributed by atoms with Gasteiger partial charge in [0.25, 0.3) is 0 Å². The molecule has 3 rings (SSSR count). The number of ether oxygens (including phenoxy) is 1. The first-order valence-electron chi connectivity index (χ1n) is 6.92. The van der Waals surface area contributed by atoms with Crippen molar-refractivity contribution in [3.8, 4) is 0 Å². The molecule has 7 heteroatoms. The van der Waals surface area contributed by atoms with E-state index in [0.717, 1.165) is 39.5 Å². The average Bonchev–Trinajstić information content (AvgIpc) is 2.98. The molecule has 0 bridgehead atoms. The van der Waals surface area contributed by atoms with Crippen LogP contribution >= 0.6 is 15.9 Å². The molecule has 1 aromatic heterocycles. The molecule has 1 aliphatic rings. The molecule has 1 aliphatic carbocycles. The SMILES string of the molecule is COC(=O)CC1CCc2c1[nH]c1c(Br)cc(S(C)(=O)=O)cc21. The van der Waals surface area contributed by atoms with Crippen LogP contribution in [-0.2, 0) is 25.8 Å². The zero-order valence-electron chi connectivity index (χ0n) is 12.3. The van der Waals surface area contributed by atoms with Crippen molar-refractivity contribution in [1.29, 1.82) is 0 Å². The van der Waals surface area contributed by atoms with Crippen molar-refractivity contribution in [2.45, 2.75) is 30.1 Å². The van der Waals surface area contributed by atoms with E-state index < -0.39 is 9.84 Å². The van der Waals surface area contributed by atoms with Crippen molar-refractivity contribution in [3.05, 3.63) is 27.9 Å². The minimum absolute atomic E-state index is 0.100. The summed E-state index contributed by atoms with van der Waals surface area (Å²) in [6.07, 6.45) is 3.24. The number of H-pyrrole nitrogens is 1. The van der Waals surface area contributed by atoms with Gasteiger partial charge in [-0.1, -0.05) is 0 Å². The van der Waals surface area contributed by atoms with E-state index in [1.54, 1.807) is 12.1 Å². The highest BCUT2D eigenvalue weighted by Gasteiger charge is 2.29. The number of halogens is 1. The van der Waals surface area contributed by atoms with E-state index in [0.29, 0.717) is 11.3 Å². The lowest BCUT2D eigenvalue weighted by Crippen LogP contribution is -2.06. The third kappa shape index (κ3) is 2.56. The Bertz CT molecular complexity index is 869. The number of aryl methyl sites for hydroxylation is 1. The van der Waals surface area contributed by atoms with Gasteiger partial charge in [-0.2, -0.15) is 0 Å². The van der Waals surface area contributed by atoms with Crippen LogP contribution in [0.3, 0.4) is 0 Å². The quantitative estimate of drug-likeness (QED) is 0.823. The molecule has 0 radical (unpaired) electrons. The van der Waals surface area contributed by atoms with E-state index in [2.05, 4.69) is 20.9 Å². The van der Waals surface area contributed by atoms with Crippen LogP contribution in [0, 0.1) is 0 Å². The second-order valence-electron chi connectivity index (χ2n) is 5.63. The lowest BCUT2D eigenvalue weighted by atomic mass is 10.0. The van der Waals surface area contributed by atoms with E-state index in [9.17, 15) is 13.2 Å². The van der Waals surface area contributed by atoms with Crippen LogP contribution in [0.25, 0.3) is 10.9 Å². The summed E-state index contributed by atoms with van der Waals surface area (Å²) in [5, 5.41) is 0.914. The molecule has 0 amide bonds. The van der Waals surface area contributed by atoms with Gasteiger partial charge in [0.15, 0.2) is 9.84 Å². The Morgan fingerprint density at radius 1 is 1.45 bits per heavy atom. The highest BCUT2D eigenvalue weighted by molar-refractivity contribution is 9.10. The maximum Gasteiger partial charge on any atom is 0.306 e. The summed E-state index contributed by atoms with van der Waals surface area (Å²) < 4.78 is 29.1. The highest BCUT2D eigenvalue weighted by atomic mass is 79.9. The second-order valence-corrected chi connectivity index (χ2v) is 8.50. The number of benzene rings is 1. The molecule has 118 valence electrons. The van der Waals surface area contributed by atoms with Crippen molar-refractivity contribution >= 4 is 42.6 Å². The fraction of sp³-hybridized carbons (Fsp3) is 0.400. The molecule has 5 nitrogen and oxygen atoms in total. The molecule has 0 saturated heterocycles. The van der Waals surface area contributed by atoms with Crippen molar-refractivity contribution in [1.82, 2.24) is 4.98 Å². The standard InChI is InChI=1S/C15H16BrNO4S/c1-21-13(18)5-8-3-4-10-11-6-9(22(2,19)20)7-12(16)15(11)17-14(8)10/h6-8,17H,3-5H2,1-2H3. The molecule has 0 saturated carbocycles. The first kappa shape index (κ1) is 15.6. The molecule has 1 atom stereocenters. The van der Waals surface area contributed by atoms with Crippen molar-refractivity contribution < 1.29 is 17.9 Å². The molecule has 0 fully saturated rings. The number of aromatic nitrogens is 1. The van der Waals surface area contributed by atoms with Crippen LogP contribution in [0.1, 0.15) is 30.0 Å². The zero-order chi connectivity index (χ0) is 16.1. The molecule has 2 aromatic rings. The number of carbonyl (C=O) groups excluding carboxylic acids is 1. The molecule has 22 heavy (non-hydrogen) atoms. The van der Waals surface area contributed by atoms with Gasteiger partial charge >= 0.3 is 5.97 Å². The fourth-order valence-electron chi connectivity index (χ4n) is 3.09. The Hall–Kier alpha value is -1.34. The average molecular weight is 386 g/mol. The summed E-state index contributed by atoms with van der Waals surface area (Å²) in [5.74, 6) is -0.129. The third-order valence-corrected chi connectivity index (χ3v) is 5.91. The van der Waals surface area contributed by atoms with Crippen LogP contribution in [0.5, 0.6) is 0 Å². The van der Waals surface area contributed by atoms with E-state index in [-0.39, 0.29) is 11.9 Å². The number of nitrogens with one attached hydrogen (secondary N) is 1. The summed E-state index contributed by atoms with van der Waals surface area (Å²) >= 11 is 3.44. The van der Waals surface area contributed by atoms with Gasteiger partial charge in [0.1, 0.15) is 0 Å². The summed E-state index contributed by atoms with van der Waals surface area (Å²) in [7, 11) is -1.88. The monoisotopic (exact) mass is 385 g/mol. The number of hydrogen-bond acceptors (Lipinski definition) is 4. The highest BCUT2D eigenvalue weighted by Crippen LogP contribution is 2.42. The van der Waals surface area contributed by atoms with Crippen LogP contribution in [0.15, 0.2) is 21.5 Å². The van der Waals surface area contributed by atoms with Crippen LogP contribution in [0.2, 0.25) is 0 Å². The first-order valence-corrected chi connectivity index (χ1v) is 9.60. The minimum atomic E-state index is -3.27. The van der Waals surface area contributed by atoms with Crippen LogP contribution in [0.4, 0.5) is 0 Å². The lowest BCUT2D eigenvalue weighted by molar-refractivity contribution is -0.141. The third-order valence-electron chi connectivity index (χ3n) is 4.19. The summed E-state index contributed by atoms with van der Waals surface area (Å²) in [6.45, 7) is 0. The van der Waals surface area contributed by atoms with Gasteiger partial charge < -0.3 is 9.72 Å². The largest absolute Gasteiger partial charge is 0.469 e. The molecular weight excluding hydrogens is 370 g/mol. The predicted octanol–water partition coefficient (Wildman–Crippen LogP) is 2.93. The maximum atomic E-state index is 11.8. The number of esters is 1. The Kier molecular flexibility index (Phi) is 3.81. The van der Waals surface area contributed by atoms with Gasteiger partial charge in [0.05, 0.1) is 23.9 Å². The minimum Gasteiger partial charge on any atom is -0.469 e. The molecule has 1 N–H and O–H groups in total. The zero-order valence-corrected chi connectivity index (χ0v) is 14.7. The number of fused-ring (bicyclic) bond motifs is 3. The number of hydrogen-bond donors (Lipinski definition) is 1. The Morgan fingerprint density at radius 3 is 2.82 bits per heavy atom. The fourth-order valence-corrected chi connectivity index (χ4v) is 4.46. The first-order chi connectivity index (χ1) is 10.3. The number of sulfone groups is 1. The number of rotatable bonds is 3. The van der Waals surface area contributed by atoms with Crippen molar-refractivity contribution in [3.63, 3.8) is 0 Å². The van der Waals surface area contributed by atoms with Gasteiger partial charge in [0.2, 0.25) is 0 Å². The summed E-state index contributed by atoms with van der Waals surface area (Å²) in [4.78, 5) is 15.2. The molecular formula is C15H16BrNO4S. The molecule has 0 spiro atoms. The number of aromatic amines is 1. The van der Waals surface area contributed by atoms with Gasteiger partial charge in [0, 0.05) is 27.7 Å². The van der Waals surface area contributed by atoms with Crippen molar-refractivity contribution in [2.75, 3.05) is 13.4 Å². The molecule has 1 aromatic carbocycles. The van der Waals surface area contributed by atoms with Crippen LogP contribution < -0.4 is 0 Å². The van der Waals surface area contributed by atoms with E-state index >= 15 is 0 Å². The molecule has 0 aliphatic heterocycles. The van der Waals surface area contributed by atoms with E-state index in [1.807, 2.05) is 0 Å². The number of methoxy groups -OCH3 is 1. The van der Waals surface area contributed by atoms with Gasteiger partial charge in [-0.3, -0.25) is 4.79 Å². The smallest absolute Gasteiger partial charge is 0.306 e. The van der Waals surface area contributed by atoms with Gasteiger partial charge in [-0.15, -0.1) is 0 Å². The Morgan fingerprint density at radius 2 is 2.18 bits per heavy atom. The topological polar surface area (TPSA) is 76.2 Å². The van der Waals surface area contributed by atoms with Crippen LogP contribution in [-0.4, -0.2) is 32.7 Å².